The highest BCUT2D eigenvalue weighted by molar-refractivity contribution is 7.91. The first-order valence-corrected chi connectivity index (χ1v) is 7.82. The van der Waals surface area contributed by atoms with Crippen molar-refractivity contribution in [3.05, 3.63) is 34.9 Å². The number of sulfone groups is 1. The van der Waals surface area contributed by atoms with Gasteiger partial charge in [0.05, 0.1) is 24.5 Å². The zero-order valence-electron chi connectivity index (χ0n) is 11.8. The van der Waals surface area contributed by atoms with Gasteiger partial charge in [0, 0.05) is 0 Å². The molecule has 0 aliphatic carbocycles. The summed E-state index contributed by atoms with van der Waals surface area (Å²) in [4.78, 5) is 11.2. The molecule has 0 N–H and O–H groups in total. The Morgan fingerprint density at radius 1 is 1.32 bits per heavy atom. The summed E-state index contributed by atoms with van der Waals surface area (Å²) in [6.07, 6.45) is -0.107. The lowest BCUT2D eigenvalue weighted by Gasteiger charge is -2.13. The third kappa shape index (κ3) is 4.35. The zero-order valence-corrected chi connectivity index (χ0v) is 12.6. The van der Waals surface area contributed by atoms with Crippen molar-refractivity contribution < 1.29 is 17.9 Å². The maximum Gasteiger partial charge on any atom is 0.306 e. The zero-order chi connectivity index (χ0) is 14.6. The molecule has 0 radical (unpaired) electrons. The third-order valence-corrected chi connectivity index (χ3v) is 5.26. The van der Waals surface area contributed by atoms with E-state index < -0.39 is 21.1 Å². The van der Waals surface area contributed by atoms with Crippen LogP contribution in [0.1, 0.15) is 30.0 Å². The number of benzene rings is 1. The van der Waals surface area contributed by atoms with Gasteiger partial charge in [-0.25, -0.2) is 8.42 Å². The van der Waals surface area contributed by atoms with Crippen molar-refractivity contribution in [2.24, 2.45) is 0 Å². The molecule has 5 heteroatoms. The maximum atomic E-state index is 12.2. The average Bonchev–Trinajstić information content (AvgIpc) is 2.33. The molecule has 0 heterocycles. The van der Waals surface area contributed by atoms with Crippen LogP contribution in [-0.4, -0.2) is 26.7 Å². The number of rotatable bonds is 5. The van der Waals surface area contributed by atoms with Crippen LogP contribution < -0.4 is 0 Å². The predicted octanol–water partition coefficient (Wildman–Crippen LogP) is 2.17. The molecule has 0 aliphatic rings. The Bertz CT molecular complexity index is 561. The van der Waals surface area contributed by atoms with Gasteiger partial charge in [-0.1, -0.05) is 23.8 Å². The Morgan fingerprint density at radius 2 is 1.95 bits per heavy atom. The van der Waals surface area contributed by atoms with Gasteiger partial charge in [-0.15, -0.1) is 0 Å². The summed E-state index contributed by atoms with van der Waals surface area (Å²) in [6, 6.07) is 5.73. The van der Waals surface area contributed by atoms with Crippen LogP contribution in [0.5, 0.6) is 0 Å². The van der Waals surface area contributed by atoms with E-state index in [0.29, 0.717) is 0 Å². The van der Waals surface area contributed by atoms with Gasteiger partial charge in [-0.3, -0.25) is 4.79 Å². The van der Waals surface area contributed by atoms with Gasteiger partial charge < -0.3 is 4.74 Å². The van der Waals surface area contributed by atoms with Crippen molar-refractivity contribution in [2.75, 3.05) is 7.11 Å². The maximum absolute atomic E-state index is 12.2. The lowest BCUT2D eigenvalue weighted by atomic mass is 10.1. The monoisotopic (exact) mass is 284 g/mol. The summed E-state index contributed by atoms with van der Waals surface area (Å²) >= 11 is 0. The second-order valence-electron chi connectivity index (χ2n) is 4.83. The van der Waals surface area contributed by atoms with Crippen molar-refractivity contribution in [2.45, 2.75) is 38.2 Å². The fourth-order valence-corrected chi connectivity index (χ4v) is 3.18. The van der Waals surface area contributed by atoms with E-state index in [1.54, 1.807) is 0 Å². The number of hydrogen-bond acceptors (Lipinski definition) is 4. The Labute approximate surface area is 114 Å². The Morgan fingerprint density at radius 3 is 2.53 bits per heavy atom. The van der Waals surface area contributed by atoms with Gasteiger partial charge in [0.1, 0.15) is 0 Å². The first-order valence-electron chi connectivity index (χ1n) is 6.10. The van der Waals surface area contributed by atoms with Gasteiger partial charge in [0.15, 0.2) is 9.84 Å². The van der Waals surface area contributed by atoms with Crippen LogP contribution in [-0.2, 0) is 25.1 Å². The third-order valence-electron chi connectivity index (χ3n) is 3.16. The van der Waals surface area contributed by atoms with Gasteiger partial charge in [0.25, 0.3) is 0 Å². The molecule has 1 rings (SSSR count). The van der Waals surface area contributed by atoms with Crippen molar-refractivity contribution in [1.29, 1.82) is 0 Å². The summed E-state index contributed by atoms with van der Waals surface area (Å²) in [5.41, 5.74) is 2.76. The topological polar surface area (TPSA) is 60.4 Å². The molecule has 1 unspecified atom stereocenters. The van der Waals surface area contributed by atoms with E-state index in [1.807, 2.05) is 32.0 Å². The number of hydrogen-bond donors (Lipinski definition) is 0. The minimum Gasteiger partial charge on any atom is -0.469 e. The number of aryl methyl sites for hydroxylation is 2. The standard InChI is InChI=1S/C14H20O4S/c1-10-5-6-11(2)13(7-10)9-19(16,17)12(3)8-14(15)18-4/h5-7,12H,8-9H2,1-4H3. The molecule has 0 spiro atoms. The highest BCUT2D eigenvalue weighted by Gasteiger charge is 2.24. The summed E-state index contributed by atoms with van der Waals surface area (Å²) < 4.78 is 28.9. The Hall–Kier alpha value is -1.36. The van der Waals surface area contributed by atoms with E-state index in [4.69, 9.17) is 0 Å². The van der Waals surface area contributed by atoms with E-state index in [0.717, 1.165) is 16.7 Å². The normalized spacial score (nSPS) is 13.1. The predicted molar refractivity (Wildman–Crippen MR) is 74.6 cm³/mol. The van der Waals surface area contributed by atoms with Crippen LogP contribution in [0, 0.1) is 13.8 Å². The fourth-order valence-electron chi connectivity index (χ4n) is 1.76. The first kappa shape index (κ1) is 15.7. The van der Waals surface area contributed by atoms with Gasteiger partial charge >= 0.3 is 5.97 Å². The van der Waals surface area contributed by atoms with E-state index in [2.05, 4.69) is 4.74 Å². The smallest absolute Gasteiger partial charge is 0.306 e. The fraction of sp³-hybridized carbons (Fsp3) is 0.500. The highest BCUT2D eigenvalue weighted by atomic mass is 32.2. The minimum atomic E-state index is -3.36. The molecule has 0 fully saturated rings. The van der Waals surface area contributed by atoms with Crippen LogP contribution in [0.15, 0.2) is 18.2 Å². The number of esters is 1. The quantitative estimate of drug-likeness (QED) is 0.777. The molecule has 1 atom stereocenters. The molecule has 1 aromatic carbocycles. The summed E-state index contributed by atoms with van der Waals surface area (Å²) in [6.45, 7) is 5.35. The molecule has 19 heavy (non-hydrogen) atoms. The first-order chi connectivity index (χ1) is 8.76. The van der Waals surface area contributed by atoms with Crippen molar-refractivity contribution >= 4 is 15.8 Å². The lowest BCUT2D eigenvalue weighted by Crippen LogP contribution is -2.23. The number of carbonyl (C=O) groups is 1. The van der Waals surface area contributed by atoms with Crippen LogP contribution >= 0.6 is 0 Å². The molecule has 106 valence electrons. The van der Waals surface area contributed by atoms with Gasteiger partial charge in [-0.05, 0) is 31.9 Å². The van der Waals surface area contributed by atoms with Gasteiger partial charge in [0.2, 0.25) is 0 Å². The number of methoxy groups -OCH3 is 1. The average molecular weight is 284 g/mol. The number of carbonyl (C=O) groups excluding carboxylic acids is 1. The molecule has 1 aromatic rings. The molecule has 0 saturated carbocycles. The van der Waals surface area contributed by atoms with E-state index >= 15 is 0 Å². The minimum absolute atomic E-state index is 0.0430. The summed E-state index contributed by atoms with van der Waals surface area (Å²) in [5, 5.41) is -0.736. The van der Waals surface area contributed by atoms with E-state index in [1.165, 1.54) is 14.0 Å². The second-order valence-corrected chi connectivity index (χ2v) is 7.25. The molecule has 0 aromatic heterocycles. The van der Waals surface area contributed by atoms with Crippen LogP contribution in [0.3, 0.4) is 0 Å². The van der Waals surface area contributed by atoms with E-state index in [9.17, 15) is 13.2 Å². The highest BCUT2D eigenvalue weighted by Crippen LogP contribution is 2.18. The van der Waals surface area contributed by atoms with Crippen LogP contribution in [0.25, 0.3) is 0 Å². The molecule has 0 amide bonds. The number of ether oxygens (including phenoxy) is 1. The Balaban J connectivity index is 2.90. The molecule has 4 nitrogen and oxygen atoms in total. The Kier molecular flexibility index (Phi) is 5.11. The second kappa shape index (κ2) is 6.19. The molecular weight excluding hydrogens is 264 g/mol. The van der Waals surface area contributed by atoms with Gasteiger partial charge in [-0.2, -0.15) is 0 Å². The lowest BCUT2D eigenvalue weighted by molar-refractivity contribution is -0.140. The molecule has 0 aliphatic heterocycles. The van der Waals surface area contributed by atoms with Crippen molar-refractivity contribution in [3.63, 3.8) is 0 Å². The van der Waals surface area contributed by atoms with Crippen LogP contribution in [0.4, 0.5) is 0 Å². The molecule has 0 saturated heterocycles. The van der Waals surface area contributed by atoms with Crippen LogP contribution in [0.2, 0.25) is 0 Å². The molecule has 0 bridgehead atoms. The van der Waals surface area contributed by atoms with E-state index in [-0.39, 0.29) is 12.2 Å². The largest absolute Gasteiger partial charge is 0.469 e. The van der Waals surface area contributed by atoms with Crippen molar-refractivity contribution in [1.82, 2.24) is 0 Å². The summed E-state index contributed by atoms with van der Waals surface area (Å²) in [5.74, 6) is -0.546. The molecular formula is C14H20O4S. The SMILES string of the molecule is COC(=O)CC(C)S(=O)(=O)Cc1cc(C)ccc1C. The van der Waals surface area contributed by atoms with Crippen molar-refractivity contribution in [3.8, 4) is 0 Å². The summed E-state index contributed by atoms with van der Waals surface area (Å²) in [7, 11) is -2.10.